The summed E-state index contributed by atoms with van der Waals surface area (Å²) in [7, 11) is 0. The number of allylic oxidation sites excluding steroid dienone is 1. The van der Waals surface area contributed by atoms with Crippen molar-refractivity contribution < 1.29 is 9.90 Å². The molecule has 0 radical (unpaired) electrons. The number of hydrogen-bond donors (Lipinski definition) is 1. The van der Waals surface area contributed by atoms with Gasteiger partial charge < -0.3 is 14.9 Å². The largest absolute Gasteiger partial charge is 0.383 e. The molecular formula is C18H21N3O2S. The van der Waals surface area contributed by atoms with Gasteiger partial charge in [0, 0.05) is 18.8 Å². The summed E-state index contributed by atoms with van der Waals surface area (Å²) >= 11 is 1.47. The fourth-order valence-electron chi connectivity index (χ4n) is 3.74. The molecule has 126 valence electrons. The lowest BCUT2D eigenvalue weighted by Gasteiger charge is -2.25. The Balaban J connectivity index is 1.55. The summed E-state index contributed by atoms with van der Waals surface area (Å²) in [4.78, 5) is 22.0. The Morgan fingerprint density at radius 1 is 1.29 bits per heavy atom. The quantitative estimate of drug-likeness (QED) is 0.893. The average Bonchev–Trinajstić information content (AvgIpc) is 3.25. The lowest BCUT2D eigenvalue weighted by molar-refractivity contribution is -0.126. The van der Waals surface area contributed by atoms with Crippen molar-refractivity contribution in [3.8, 4) is 0 Å². The van der Waals surface area contributed by atoms with E-state index in [1.165, 1.54) is 11.8 Å². The zero-order chi connectivity index (χ0) is 16.9. The van der Waals surface area contributed by atoms with Gasteiger partial charge in [0.15, 0.2) is 5.17 Å². The maximum absolute atomic E-state index is 12.9. The number of rotatable bonds is 2. The number of amides is 1. The molecule has 0 aliphatic carbocycles. The van der Waals surface area contributed by atoms with E-state index in [1.807, 2.05) is 38.1 Å². The Morgan fingerprint density at radius 3 is 2.83 bits per heavy atom. The smallest absolute Gasteiger partial charge is 0.262 e. The summed E-state index contributed by atoms with van der Waals surface area (Å²) in [6.07, 6.45) is 0.575. The normalized spacial score (nSPS) is 26.2. The van der Waals surface area contributed by atoms with E-state index < -0.39 is 5.60 Å². The highest BCUT2D eigenvalue weighted by atomic mass is 32.2. The number of carbonyl (C=O) groups excluding carboxylic acids is 1. The van der Waals surface area contributed by atoms with Crippen LogP contribution < -0.4 is 0 Å². The van der Waals surface area contributed by atoms with Crippen LogP contribution in [0.4, 0.5) is 0 Å². The summed E-state index contributed by atoms with van der Waals surface area (Å²) in [6, 6.07) is 7.88. The molecule has 1 fully saturated rings. The van der Waals surface area contributed by atoms with Crippen LogP contribution in [0.3, 0.4) is 0 Å². The van der Waals surface area contributed by atoms with Crippen molar-refractivity contribution in [3.05, 3.63) is 46.0 Å². The molecule has 1 amide bonds. The average molecular weight is 343 g/mol. The first kappa shape index (κ1) is 15.7. The monoisotopic (exact) mass is 343 g/mol. The van der Waals surface area contributed by atoms with Gasteiger partial charge in [-0.15, -0.1) is 0 Å². The zero-order valence-corrected chi connectivity index (χ0v) is 14.8. The van der Waals surface area contributed by atoms with Crippen molar-refractivity contribution in [1.29, 1.82) is 0 Å². The standard InChI is InChI=1S/C18H21N3O2S/c1-12-5-3-4-6-14(12)18(23)7-9-20(11-18)16(22)15-13(2)21-10-8-19-17(21)24-15/h3-6,23H,7-11H2,1-2H3. The summed E-state index contributed by atoms with van der Waals surface area (Å²) < 4.78 is 0. The Labute approximate surface area is 146 Å². The summed E-state index contributed by atoms with van der Waals surface area (Å²) in [5, 5.41) is 12.0. The molecular weight excluding hydrogens is 322 g/mol. The van der Waals surface area contributed by atoms with Crippen molar-refractivity contribution in [3.63, 3.8) is 0 Å². The van der Waals surface area contributed by atoms with E-state index in [0.29, 0.717) is 19.5 Å². The molecule has 5 nitrogen and oxygen atoms in total. The van der Waals surface area contributed by atoms with E-state index in [2.05, 4.69) is 9.89 Å². The first-order chi connectivity index (χ1) is 11.5. The zero-order valence-electron chi connectivity index (χ0n) is 14.0. The van der Waals surface area contributed by atoms with Crippen LogP contribution in [0.2, 0.25) is 0 Å². The maximum atomic E-state index is 12.9. The number of benzene rings is 1. The van der Waals surface area contributed by atoms with Gasteiger partial charge in [0.25, 0.3) is 5.91 Å². The summed E-state index contributed by atoms with van der Waals surface area (Å²) in [5.74, 6) is 0.0131. The molecule has 1 N–H and O–H groups in total. The molecule has 1 atom stereocenters. The van der Waals surface area contributed by atoms with Gasteiger partial charge in [-0.05, 0) is 43.2 Å². The SMILES string of the molecule is CC1=C(C(=O)N2CCC(O)(c3ccccc3C)C2)SC2=NCCN21. The minimum Gasteiger partial charge on any atom is -0.383 e. The number of carbonyl (C=O) groups is 1. The molecule has 3 aliphatic heterocycles. The third kappa shape index (κ3) is 2.36. The number of amidine groups is 1. The highest BCUT2D eigenvalue weighted by Crippen LogP contribution is 2.40. The van der Waals surface area contributed by atoms with E-state index in [1.54, 1.807) is 4.90 Å². The summed E-state index contributed by atoms with van der Waals surface area (Å²) in [6.45, 7) is 6.57. The second-order valence-electron chi connectivity index (χ2n) is 6.66. The lowest BCUT2D eigenvalue weighted by Crippen LogP contribution is -2.35. The molecule has 0 saturated carbocycles. The molecule has 1 saturated heterocycles. The predicted molar refractivity (Wildman–Crippen MR) is 95.6 cm³/mol. The second-order valence-corrected chi connectivity index (χ2v) is 7.63. The number of β-amino-alcohol motifs (C(OH)–C–C–N with tert-alkyl or cyclic N) is 1. The van der Waals surface area contributed by atoms with E-state index in [0.717, 1.165) is 40.0 Å². The van der Waals surface area contributed by atoms with Gasteiger partial charge >= 0.3 is 0 Å². The number of likely N-dealkylation sites (tertiary alicyclic amines) is 1. The topological polar surface area (TPSA) is 56.1 Å². The van der Waals surface area contributed by atoms with Crippen LogP contribution in [-0.4, -0.2) is 52.2 Å². The first-order valence-electron chi connectivity index (χ1n) is 8.28. The third-order valence-corrected chi connectivity index (χ3v) is 6.31. The fourth-order valence-corrected chi connectivity index (χ4v) is 4.89. The Kier molecular flexibility index (Phi) is 3.69. The van der Waals surface area contributed by atoms with Crippen LogP contribution in [0, 0.1) is 6.92 Å². The number of nitrogens with zero attached hydrogens (tertiary/aromatic N) is 3. The molecule has 3 heterocycles. The number of aryl methyl sites for hydroxylation is 1. The Hall–Kier alpha value is -1.79. The molecule has 0 aromatic heterocycles. The third-order valence-electron chi connectivity index (χ3n) is 5.10. The second kappa shape index (κ2) is 5.63. The predicted octanol–water partition coefficient (Wildman–Crippen LogP) is 2.06. The van der Waals surface area contributed by atoms with Crippen LogP contribution in [0.1, 0.15) is 24.5 Å². The highest BCUT2D eigenvalue weighted by Gasteiger charge is 2.43. The fraction of sp³-hybridized carbons (Fsp3) is 0.444. The number of hydrogen-bond acceptors (Lipinski definition) is 5. The van der Waals surface area contributed by atoms with Crippen molar-refractivity contribution in [2.45, 2.75) is 25.9 Å². The van der Waals surface area contributed by atoms with Gasteiger partial charge in [0.2, 0.25) is 0 Å². The number of thioether (sulfide) groups is 1. The Morgan fingerprint density at radius 2 is 2.08 bits per heavy atom. The van der Waals surface area contributed by atoms with Crippen LogP contribution in [0.5, 0.6) is 0 Å². The minimum absolute atomic E-state index is 0.0131. The minimum atomic E-state index is -0.952. The molecule has 1 unspecified atom stereocenters. The number of aliphatic imine (C=N–C) groups is 1. The van der Waals surface area contributed by atoms with Crippen LogP contribution in [0.15, 0.2) is 39.9 Å². The number of fused-ring (bicyclic) bond motifs is 1. The number of aliphatic hydroxyl groups is 1. The van der Waals surface area contributed by atoms with E-state index in [4.69, 9.17) is 0 Å². The lowest BCUT2D eigenvalue weighted by atomic mass is 9.89. The van der Waals surface area contributed by atoms with Crippen molar-refractivity contribution in [2.75, 3.05) is 26.2 Å². The maximum Gasteiger partial charge on any atom is 0.262 e. The molecule has 4 rings (SSSR count). The Bertz CT molecular complexity index is 773. The van der Waals surface area contributed by atoms with E-state index in [-0.39, 0.29) is 5.91 Å². The van der Waals surface area contributed by atoms with E-state index >= 15 is 0 Å². The van der Waals surface area contributed by atoms with Gasteiger partial charge in [0.05, 0.1) is 18.0 Å². The summed E-state index contributed by atoms with van der Waals surface area (Å²) in [5.41, 5.74) is 2.03. The van der Waals surface area contributed by atoms with Gasteiger partial charge in [-0.25, -0.2) is 0 Å². The van der Waals surface area contributed by atoms with Crippen molar-refractivity contribution >= 4 is 22.8 Å². The van der Waals surface area contributed by atoms with Gasteiger partial charge in [-0.1, -0.05) is 24.3 Å². The van der Waals surface area contributed by atoms with Crippen LogP contribution >= 0.6 is 11.8 Å². The van der Waals surface area contributed by atoms with Crippen LogP contribution in [-0.2, 0) is 10.4 Å². The van der Waals surface area contributed by atoms with Gasteiger partial charge in [-0.3, -0.25) is 9.79 Å². The van der Waals surface area contributed by atoms with Gasteiger partial charge in [-0.2, -0.15) is 0 Å². The first-order valence-corrected chi connectivity index (χ1v) is 9.10. The molecule has 1 aromatic rings. The highest BCUT2D eigenvalue weighted by molar-refractivity contribution is 8.18. The molecule has 0 spiro atoms. The molecule has 24 heavy (non-hydrogen) atoms. The molecule has 3 aliphatic rings. The molecule has 6 heteroatoms. The molecule has 0 bridgehead atoms. The van der Waals surface area contributed by atoms with E-state index in [9.17, 15) is 9.90 Å². The van der Waals surface area contributed by atoms with Crippen LogP contribution in [0.25, 0.3) is 0 Å². The van der Waals surface area contributed by atoms with Gasteiger partial charge in [0.1, 0.15) is 5.60 Å². The van der Waals surface area contributed by atoms with Crippen molar-refractivity contribution in [2.24, 2.45) is 4.99 Å². The van der Waals surface area contributed by atoms with Crippen molar-refractivity contribution in [1.82, 2.24) is 9.80 Å². The molecule has 1 aromatic carbocycles.